The maximum Gasteiger partial charge on any atom is 0.411 e. The molecule has 0 saturated carbocycles. The van der Waals surface area contributed by atoms with Gasteiger partial charge in [0.25, 0.3) is 5.91 Å². The summed E-state index contributed by atoms with van der Waals surface area (Å²) in [6.45, 7) is 3.37. The Hall–Kier alpha value is -4.25. The molecule has 4 rings (SSSR count). The Morgan fingerprint density at radius 2 is 1.90 bits per heavy atom. The van der Waals surface area contributed by atoms with Crippen molar-refractivity contribution in [3.05, 3.63) is 76.2 Å². The Morgan fingerprint density at radius 3 is 2.59 bits per heavy atom. The SMILES string of the molecule is COC(=O)Nc1ccc2c(c1)NC(=O)C[C@@H](C)/C=C/C[C@H](NC(=O)c1c(F)cc(C)cc1F)c1nc-2c(Cl)[nH]1. The van der Waals surface area contributed by atoms with Crippen molar-refractivity contribution in [2.75, 3.05) is 17.7 Å². The number of aryl methyl sites for hydroxylation is 1. The second-order valence-corrected chi connectivity index (χ2v) is 9.56. The first-order valence-corrected chi connectivity index (χ1v) is 12.4. The van der Waals surface area contributed by atoms with Crippen molar-refractivity contribution in [2.24, 2.45) is 5.92 Å². The minimum Gasteiger partial charge on any atom is -0.453 e. The number of methoxy groups -OCH3 is 1. The molecule has 2 bridgehead atoms. The molecule has 39 heavy (non-hydrogen) atoms. The van der Waals surface area contributed by atoms with E-state index >= 15 is 0 Å². The molecule has 0 radical (unpaired) electrons. The van der Waals surface area contributed by atoms with Gasteiger partial charge in [-0.1, -0.05) is 30.7 Å². The summed E-state index contributed by atoms with van der Waals surface area (Å²) in [7, 11) is 1.23. The molecule has 2 atom stereocenters. The standard InChI is InChI=1S/C27H26ClF2N5O4/c1-13-5-4-6-19(33-26(37)22-17(29)9-14(2)10-18(22)30)25-34-23(24(28)35-25)16-8-7-15(31-27(38)39-3)12-20(16)32-21(36)11-13/h4-5,7-10,12-13,19H,6,11H2,1-3H3,(H,31,38)(H,32,36)(H,33,37)(H,34,35)/b5-4+/t13-,19-/m0/s1. The van der Waals surface area contributed by atoms with E-state index in [-0.39, 0.29) is 41.3 Å². The molecule has 0 spiro atoms. The number of amides is 3. The highest BCUT2D eigenvalue weighted by molar-refractivity contribution is 6.32. The van der Waals surface area contributed by atoms with Crippen LogP contribution in [0.2, 0.25) is 5.15 Å². The van der Waals surface area contributed by atoms with Crippen molar-refractivity contribution in [3.8, 4) is 11.3 Å². The summed E-state index contributed by atoms with van der Waals surface area (Å²) in [4.78, 5) is 45.0. The second-order valence-electron chi connectivity index (χ2n) is 9.18. The van der Waals surface area contributed by atoms with Crippen LogP contribution in [0.5, 0.6) is 0 Å². The van der Waals surface area contributed by atoms with E-state index < -0.39 is 35.2 Å². The fourth-order valence-corrected chi connectivity index (χ4v) is 4.45. The van der Waals surface area contributed by atoms with Crippen LogP contribution in [0.25, 0.3) is 11.3 Å². The number of carbonyl (C=O) groups excluding carboxylic acids is 3. The number of nitrogens with one attached hydrogen (secondary N) is 4. The van der Waals surface area contributed by atoms with E-state index in [2.05, 4.69) is 30.7 Å². The van der Waals surface area contributed by atoms with Crippen LogP contribution in [0.1, 0.15) is 47.6 Å². The summed E-state index contributed by atoms with van der Waals surface area (Å²) >= 11 is 6.50. The Labute approximate surface area is 228 Å². The van der Waals surface area contributed by atoms with E-state index in [0.29, 0.717) is 22.5 Å². The van der Waals surface area contributed by atoms with Gasteiger partial charge < -0.3 is 20.4 Å². The largest absolute Gasteiger partial charge is 0.453 e. The summed E-state index contributed by atoms with van der Waals surface area (Å²) in [5, 5.41) is 8.13. The van der Waals surface area contributed by atoms with Gasteiger partial charge in [-0.15, -0.1) is 0 Å². The maximum absolute atomic E-state index is 14.5. The molecular weight excluding hydrogens is 532 g/mol. The van der Waals surface area contributed by atoms with E-state index in [1.54, 1.807) is 24.3 Å². The summed E-state index contributed by atoms with van der Waals surface area (Å²) in [5.74, 6) is -3.14. The van der Waals surface area contributed by atoms with Gasteiger partial charge in [-0.2, -0.15) is 0 Å². The molecule has 1 aliphatic rings. The van der Waals surface area contributed by atoms with Gasteiger partial charge >= 0.3 is 6.09 Å². The van der Waals surface area contributed by atoms with Crippen molar-refractivity contribution < 1.29 is 27.9 Å². The number of aromatic nitrogens is 2. The molecule has 3 aromatic rings. The van der Waals surface area contributed by atoms with E-state index in [9.17, 15) is 23.2 Å². The number of aromatic amines is 1. The zero-order valence-electron chi connectivity index (χ0n) is 21.3. The van der Waals surface area contributed by atoms with E-state index in [4.69, 9.17) is 11.6 Å². The molecular formula is C27H26ClF2N5O4. The van der Waals surface area contributed by atoms with Gasteiger partial charge in [0.2, 0.25) is 5.91 Å². The van der Waals surface area contributed by atoms with Crippen molar-refractivity contribution in [1.82, 2.24) is 15.3 Å². The molecule has 2 aromatic carbocycles. The smallest absolute Gasteiger partial charge is 0.411 e. The van der Waals surface area contributed by atoms with Crippen LogP contribution in [0, 0.1) is 24.5 Å². The zero-order valence-corrected chi connectivity index (χ0v) is 22.1. The Morgan fingerprint density at radius 1 is 1.18 bits per heavy atom. The highest BCUT2D eigenvalue weighted by Crippen LogP contribution is 2.36. The number of allylic oxidation sites excluding steroid dienone is 1. The molecule has 0 fully saturated rings. The minimum absolute atomic E-state index is 0.107. The molecule has 1 aliphatic heterocycles. The number of hydrogen-bond acceptors (Lipinski definition) is 5. The monoisotopic (exact) mass is 557 g/mol. The number of rotatable bonds is 3. The molecule has 2 heterocycles. The number of H-pyrrole nitrogens is 1. The number of benzene rings is 2. The van der Waals surface area contributed by atoms with E-state index in [1.807, 2.05) is 6.92 Å². The first kappa shape index (κ1) is 27.8. The van der Waals surface area contributed by atoms with Crippen molar-refractivity contribution >= 4 is 40.9 Å². The van der Waals surface area contributed by atoms with Crippen LogP contribution in [0.15, 0.2) is 42.5 Å². The zero-order chi connectivity index (χ0) is 28.3. The Kier molecular flexibility index (Phi) is 8.29. The quantitative estimate of drug-likeness (QED) is 0.299. The summed E-state index contributed by atoms with van der Waals surface area (Å²) in [6, 6.07) is 6.06. The number of imidazole rings is 1. The molecule has 0 unspecified atom stereocenters. The van der Waals surface area contributed by atoms with Gasteiger partial charge in [0.1, 0.15) is 33.9 Å². The lowest BCUT2D eigenvalue weighted by atomic mass is 10.0. The number of carbonyl (C=O) groups is 3. The number of halogens is 3. The molecule has 3 amide bonds. The van der Waals surface area contributed by atoms with Crippen molar-refractivity contribution in [1.29, 1.82) is 0 Å². The van der Waals surface area contributed by atoms with Gasteiger partial charge in [-0.3, -0.25) is 14.9 Å². The number of ether oxygens (including phenoxy) is 1. The van der Waals surface area contributed by atoms with Crippen LogP contribution < -0.4 is 16.0 Å². The normalized spacial score (nSPS) is 17.9. The van der Waals surface area contributed by atoms with Crippen LogP contribution in [0.4, 0.5) is 25.0 Å². The van der Waals surface area contributed by atoms with Gasteiger partial charge in [-0.05, 0) is 55.2 Å². The Bertz CT molecular complexity index is 1450. The van der Waals surface area contributed by atoms with Gasteiger partial charge in [0.15, 0.2) is 0 Å². The average Bonchev–Trinajstić information content (AvgIpc) is 3.23. The third-order valence-electron chi connectivity index (χ3n) is 6.05. The molecule has 1 aromatic heterocycles. The van der Waals surface area contributed by atoms with Crippen LogP contribution in [0.3, 0.4) is 0 Å². The molecule has 12 heteroatoms. The van der Waals surface area contributed by atoms with Gasteiger partial charge in [0.05, 0.1) is 18.8 Å². The number of hydrogen-bond donors (Lipinski definition) is 4. The van der Waals surface area contributed by atoms with E-state index in [1.165, 1.54) is 20.1 Å². The third-order valence-corrected chi connectivity index (χ3v) is 6.32. The number of fused-ring (bicyclic) bond motifs is 4. The third kappa shape index (κ3) is 6.43. The van der Waals surface area contributed by atoms with Crippen LogP contribution in [-0.2, 0) is 9.53 Å². The lowest BCUT2D eigenvalue weighted by Crippen LogP contribution is -2.30. The van der Waals surface area contributed by atoms with Crippen molar-refractivity contribution in [3.63, 3.8) is 0 Å². The molecule has 9 nitrogen and oxygen atoms in total. The lowest BCUT2D eigenvalue weighted by Gasteiger charge is -2.16. The second kappa shape index (κ2) is 11.6. The predicted molar refractivity (Wildman–Crippen MR) is 143 cm³/mol. The first-order valence-electron chi connectivity index (χ1n) is 12.0. The topological polar surface area (TPSA) is 125 Å². The lowest BCUT2D eigenvalue weighted by molar-refractivity contribution is -0.116. The highest BCUT2D eigenvalue weighted by Gasteiger charge is 2.26. The fourth-order valence-electron chi connectivity index (χ4n) is 4.21. The molecule has 204 valence electrons. The summed E-state index contributed by atoms with van der Waals surface area (Å²) < 4.78 is 33.6. The summed E-state index contributed by atoms with van der Waals surface area (Å²) in [6.07, 6.45) is 3.20. The molecule has 0 saturated heterocycles. The van der Waals surface area contributed by atoms with E-state index in [0.717, 1.165) is 12.1 Å². The number of nitrogens with zero attached hydrogens (tertiary/aromatic N) is 1. The van der Waals surface area contributed by atoms with Crippen LogP contribution in [-0.4, -0.2) is 35.0 Å². The van der Waals surface area contributed by atoms with Gasteiger partial charge in [-0.25, -0.2) is 18.6 Å². The minimum atomic E-state index is -0.980. The summed E-state index contributed by atoms with van der Waals surface area (Å²) in [5.41, 5.74) is 1.02. The molecule has 4 N–H and O–H groups in total. The average molecular weight is 558 g/mol. The fraction of sp³-hybridized carbons (Fsp3) is 0.259. The predicted octanol–water partition coefficient (Wildman–Crippen LogP) is 5.89. The van der Waals surface area contributed by atoms with Crippen LogP contribution >= 0.6 is 11.6 Å². The first-order chi connectivity index (χ1) is 18.5. The molecule has 0 aliphatic carbocycles. The highest BCUT2D eigenvalue weighted by atomic mass is 35.5. The maximum atomic E-state index is 14.5. The van der Waals surface area contributed by atoms with Gasteiger partial charge in [0, 0.05) is 17.7 Å². The number of anilines is 2. The Balaban J connectivity index is 1.76. The van der Waals surface area contributed by atoms with Crippen molar-refractivity contribution in [2.45, 2.75) is 32.7 Å².